The van der Waals surface area contributed by atoms with Crippen molar-refractivity contribution in [2.45, 2.75) is 38.6 Å². The van der Waals surface area contributed by atoms with E-state index in [4.69, 9.17) is 0 Å². The summed E-state index contributed by atoms with van der Waals surface area (Å²) in [5, 5.41) is 3.14. The molecule has 2 N–H and O–H groups in total. The second-order valence-corrected chi connectivity index (χ2v) is 6.01. The molecule has 0 radical (unpaired) electrons. The monoisotopic (exact) mass is 321 g/mol. The largest absolute Gasteiger partial charge is 0.342 e. The standard InChI is InChI=1S/C20H23N3O/c1-2-3-5-14-18(24)23-19(15-10-6-4-7-11-15)20-21-16-12-8-9-13-17(16)22-20/h4,6-13,19H,2-3,5,14H2,1H3,(H,21,22)(H,23,24). The van der Waals surface area contributed by atoms with Gasteiger partial charge in [0.05, 0.1) is 11.0 Å². The maximum Gasteiger partial charge on any atom is 0.220 e. The fraction of sp³-hybridized carbons (Fsp3) is 0.300. The van der Waals surface area contributed by atoms with Crippen LogP contribution in [0.15, 0.2) is 54.6 Å². The third kappa shape index (κ3) is 3.82. The van der Waals surface area contributed by atoms with Crippen molar-refractivity contribution in [3.63, 3.8) is 0 Å². The number of unbranched alkanes of at least 4 members (excludes halogenated alkanes) is 2. The van der Waals surface area contributed by atoms with Gasteiger partial charge in [-0.3, -0.25) is 4.79 Å². The van der Waals surface area contributed by atoms with E-state index in [1.165, 1.54) is 0 Å². The molecule has 3 aromatic rings. The van der Waals surface area contributed by atoms with Crippen LogP contribution in [-0.4, -0.2) is 15.9 Å². The summed E-state index contributed by atoms with van der Waals surface area (Å²) in [7, 11) is 0. The summed E-state index contributed by atoms with van der Waals surface area (Å²) in [6, 6.07) is 17.6. The number of rotatable bonds is 7. The zero-order valence-corrected chi connectivity index (χ0v) is 14.0. The van der Waals surface area contributed by atoms with Gasteiger partial charge in [0.1, 0.15) is 11.9 Å². The molecule has 0 bridgehead atoms. The van der Waals surface area contributed by atoms with Gasteiger partial charge in [0.25, 0.3) is 0 Å². The summed E-state index contributed by atoms with van der Waals surface area (Å²) in [5.41, 5.74) is 2.92. The van der Waals surface area contributed by atoms with E-state index >= 15 is 0 Å². The van der Waals surface area contributed by atoms with E-state index in [1.807, 2.05) is 54.6 Å². The predicted molar refractivity (Wildman–Crippen MR) is 96.7 cm³/mol. The van der Waals surface area contributed by atoms with Crippen LogP contribution in [0.5, 0.6) is 0 Å². The van der Waals surface area contributed by atoms with E-state index < -0.39 is 0 Å². The summed E-state index contributed by atoms with van der Waals surface area (Å²) in [6.45, 7) is 2.14. The molecule has 4 nitrogen and oxygen atoms in total. The van der Waals surface area contributed by atoms with E-state index in [1.54, 1.807) is 0 Å². The summed E-state index contributed by atoms with van der Waals surface area (Å²) >= 11 is 0. The van der Waals surface area contributed by atoms with Gasteiger partial charge in [-0.1, -0.05) is 62.2 Å². The van der Waals surface area contributed by atoms with E-state index in [0.29, 0.717) is 6.42 Å². The van der Waals surface area contributed by atoms with Crippen LogP contribution < -0.4 is 5.32 Å². The van der Waals surface area contributed by atoms with E-state index in [2.05, 4.69) is 22.2 Å². The van der Waals surface area contributed by atoms with Crippen molar-refractivity contribution in [2.75, 3.05) is 0 Å². The van der Waals surface area contributed by atoms with Gasteiger partial charge in [0.2, 0.25) is 5.91 Å². The molecule has 3 rings (SSSR count). The zero-order valence-electron chi connectivity index (χ0n) is 14.0. The van der Waals surface area contributed by atoms with Crippen molar-refractivity contribution in [1.82, 2.24) is 15.3 Å². The SMILES string of the molecule is CCCCCC(=O)NC(c1ccccc1)c1nc2ccccc2[nH]1. The lowest BCUT2D eigenvalue weighted by Gasteiger charge is -2.17. The minimum absolute atomic E-state index is 0.0674. The van der Waals surface area contributed by atoms with Gasteiger partial charge in [0.15, 0.2) is 0 Å². The molecule has 0 aliphatic carbocycles. The Morgan fingerprint density at radius 2 is 1.83 bits per heavy atom. The Morgan fingerprint density at radius 1 is 1.08 bits per heavy atom. The van der Waals surface area contributed by atoms with Crippen LogP contribution >= 0.6 is 0 Å². The van der Waals surface area contributed by atoms with Crippen LogP contribution in [0.3, 0.4) is 0 Å². The van der Waals surface area contributed by atoms with Gasteiger partial charge in [0, 0.05) is 6.42 Å². The third-order valence-electron chi connectivity index (χ3n) is 4.13. The van der Waals surface area contributed by atoms with Crippen LogP contribution in [0, 0.1) is 0 Å². The van der Waals surface area contributed by atoms with E-state index in [0.717, 1.165) is 41.7 Å². The summed E-state index contributed by atoms with van der Waals surface area (Å²) < 4.78 is 0. The highest BCUT2D eigenvalue weighted by Crippen LogP contribution is 2.22. The van der Waals surface area contributed by atoms with Crippen molar-refractivity contribution in [2.24, 2.45) is 0 Å². The number of amides is 1. The maximum absolute atomic E-state index is 12.3. The Bertz CT molecular complexity index is 762. The van der Waals surface area contributed by atoms with Gasteiger partial charge >= 0.3 is 0 Å². The van der Waals surface area contributed by atoms with Crippen LogP contribution in [0.25, 0.3) is 11.0 Å². The number of fused-ring (bicyclic) bond motifs is 1. The molecule has 1 atom stereocenters. The molecular formula is C20H23N3O. The molecule has 1 aromatic heterocycles. The van der Waals surface area contributed by atoms with Crippen molar-refractivity contribution in [3.8, 4) is 0 Å². The molecule has 0 saturated carbocycles. The Balaban J connectivity index is 1.86. The highest BCUT2D eigenvalue weighted by Gasteiger charge is 2.20. The Morgan fingerprint density at radius 3 is 2.58 bits per heavy atom. The molecule has 24 heavy (non-hydrogen) atoms. The molecule has 0 aliphatic rings. The molecule has 1 heterocycles. The lowest BCUT2D eigenvalue weighted by molar-refractivity contribution is -0.121. The maximum atomic E-state index is 12.3. The van der Waals surface area contributed by atoms with Gasteiger partial charge in [-0.2, -0.15) is 0 Å². The average molecular weight is 321 g/mol. The fourth-order valence-electron chi connectivity index (χ4n) is 2.83. The number of carbonyl (C=O) groups excluding carboxylic acids is 1. The summed E-state index contributed by atoms with van der Waals surface area (Å²) in [4.78, 5) is 20.3. The second-order valence-electron chi connectivity index (χ2n) is 6.01. The van der Waals surface area contributed by atoms with Crippen molar-refractivity contribution < 1.29 is 4.79 Å². The number of aromatic nitrogens is 2. The number of nitrogens with zero attached hydrogens (tertiary/aromatic N) is 1. The van der Waals surface area contributed by atoms with Crippen LogP contribution in [-0.2, 0) is 4.79 Å². The normalized spacial score (nSPS) is 12.2. The molecule has 0 aliphatic heterocycles. The number of hydrogen-bond acceptors (Lipinski definition) is 2. The minimum atomic E-state index is -0.257. The molecule has 1 unspecified atom stereocenters. The number of benzene rings is 2. The molecular weight excluding hydrogens is 298 g/mol. The molecule has 0 saturated heterocycles. The lowest BCUT2D eigenvalue weighted by Crippen LogP contribution is -2.29. The Labute approximate surface area is 142 Å². The number of carbonyl (C=O) groups is 1. The van der Waals surface area contributed by atoms with Gasteiger partial charge in [-0.05, 0) is 24.1 Å². The zero-order chi connectivity index (χ0) is 16.8. The predicted octanol–water partition coefficient (Wildman–Crippen LogP) is 4.35. The van der Waals surface area contributed by atoms with Crippen LogP contribution in [0.2, 0.25) is 0 Å². The first kappa shape index (κ1) is 16.2. The molecule has 0 spiro atoms. The first-order valence-electron chi connectivity index (χ1n) is 8.57. The van der Waals surface area contributed by atoms with E-state index in [9.17, 15) is 4.79 Å². The molecule has 124 valence electrons. The van der Waals surface area contributed by atoms with Crippen LogP contribution in [0.1, 0.15) is 50.0 Å². The number of imidazole rings is 1. The second kappa shape index (κ2) is 7.77. The van der Waals surface area contributed by atoms with Gasteiger partial charge in [-0.25, -0.2) is 4.98 Å². The number of para-hydroxylation sites is 2. The number of nitrogens with one attached hydrogen (secondary N) is 2. The molecule has 4 heteroatoms. The first-order chi connectivity index (χ1) is 11.8. The van der Waals surface area contributed by atoms with Crippen molar-refractivity contribution >= 4 is 16.9 Å². The van der Waals surface area contributed by atoms with Gasteiger partial charge in [-0.15, -0.1) is 0 Å². The van der Waals surface area contributed by atoms with E-state index in [-0.39, 0.29) is 11.9 Å². The minimum Gasteiger partial charge on any atom is -0.342 e. The molecule has 1 amide bonds. The lowest BCUT2D eigenvalue weighted by atomic mass is 10.1. The van der Waals surface area contributed by atoms with Crippen molar-refractivity contribution in [3.05, 3.63) is 66.0 Å². The molecule has 0 fully saturated rings. The smallest absolute Gasteiger partial charge is 0.220 e. The number of H-pyrrole nitrogens is 1. The highest BCUT2D eigenvalue weighted by atomic mass is 16.1. The average Bonchev–Trinajstić information content (AvgIpc) is 3.04. The summed E-state index contributed by atoms with van der Waals surface area (Å²) in [5.74, 6) is 0.837. The number of aromatic amines is 1. The Hall–Kier alpha value is -2.62. The summed E-state index contributed by atoms with van der Waals surface area (Å²) in [6.07, 6.45) is 3.66. The quantitative estimate of drug-likeness (QED) is 0.636. The van der Waals surface area contributed by atoms with Crippen LogP contribution in [0.4, 0.5) is 0 Å². The topological polar surface area (TPSA) is 57.8 Å². The number of hydrogen-bond donors (Lipinski definition) is 2. The Kier molecular flexibility index (Phi) is 5.26. The van der Waals surface area contributed by atoms with Gasteiger partial charge < -0.3 is 10.3 Å². The highest BCUT2D eigenvalue weighted by molar-refractivity contribution is 5.78. The third-order valence-corrected chi connectivity index (χ3v) is 4.13. The fourth-order valence-corrected chi connectivity index (χ4v) is 2.83. The first-order valence-corrected chi connectivity index (χ1v) is 8.57. The van der Waals surface area contributed by atoms with Crippen molar-refractivity contribution in [1.29, 1.82) is 0 Å². The molecule has 2 aromatic carbocycles.